The molecular formula is C24H30N4O4S. The molecule has 1 atom stereocenters. The zero-order valence-corrected chi connectivity index (χ0v) is 20.3. The van der Waals surface area contributed by atoms with E-state index in [0.717, 1.165) is 40.5 Å². The van der Waals surface area contributed by atoms with Crippen molar-refractivity contribution in [2.75, 3.05) is 42.3 Å². The predicted octanol–water partition coefficient (Wildman–Crippen LogP) is 2.90. The average molecular weight is 471 g/mol. The number of carbonyl (C=O) groups is 2. The number of benzene rings is 2. The van der Waals surface area contributed by atoms with E-state index in [1.54, 1.807) is 12.1 Å². The Kier molecular flexibility index (Phi) is 6.20. The van der Waals surface area contributed by atoms with Gasteiger partial charge in [0.15, 0.2) is 0 Å². The largest absolute Gasteiger partial charge is 0.358 e. The van der Waals surface area contributed by atoms with E-state index in [2.05, 4.69) is 5.32 Å². The van der Waals surface area contributed by atoms with Crippen LogP contribution in [-0.2, 0) is 19.6 Å². The summed E-state index contributed by atoms with van der Waals surface area (Å²) in [5, 5.41) is 2.91. The molecule has 0 unspecified atom stereocenters. The average Bonchev–Trinajstić information content (AvgIpc) is 2.78. The van der Waals surface area contributed by atoms with Crippen LogP contribution in [0.1, 0.15) is 30.4 Å². The fourth-order valence-electron chi connectivity index (χ4n) is 4.48. The Morgan fingerprint density at radius 3 is 2.58 bits per heavy atom. The van der Waals surface area contributed by atoms with Gasteiger partial charge in [0, 0.05) is 26.3 Å². The Bertz CT molecular complexity index is 1210. The van der Waals surface area contributed by atoms with Crippen molar-refractivity contribution in [2.45, 2.75) is 44.0 Å². The highest BCUT2D eigenvalue weighted by Crippen LogP contribution is 2.40. The van der Waals surface area contributed by atoms with Gasteiger partial charge < -0.3 is 10.2 Å². The number of sulfonamides is 1. The van der Waals surface area contributed by atoms with Gasteiger partial charge in [-0.25, -0.2) is 12.7 Å². The second-order valence-electron chi connectivity index (χ2n) is 8.93. The van der Waals surface area contributed by atoms with Gasteiger partial charge in [0.1, 0.15) is 12.6 Å². The summed E-state index contributed by atoms with van der Waals surface area (Å²) in [5.74, 6) is -0.495. The summed E-state index contributed by atoms with van der Waals surface area (Å²) in [6.07, 6.45) is 2.62. The van der Waals surface area contributed by atoms with E-state index >= 15 is 0 Å². The Morgan fingerprint density at radius 2 is 1.85 bits per heavy atom. The third kappa shape index (κ3) is 4.35. The number of fused-ring (bicyclic) bond motifs is 3. The number of carbonyl (C=O) groups excluding carboxylic acids is 2. The number of hydrogen-bond donors (Lipinski definition) is 1. The normalized spacial score (nSPS) is 18.2. The Balaban J connectivity index is 1.71. The van der Waals surface area contributed by atoms with Crippen molar-refractivity contribution in [3.63, 3.8) is 0 Å². The van der Waals surface area contributed by atoms with Crippen LogP contribution in [0.4, 0.5) is 17.1 Å². The Labute approximate surface area is 195 Å². The fourth-order valence-corrected chi connectivity index (χ4v) is 5.40. The first kappa shape index (κ1) is 23.3. The Hall–Kier alpha value is -2.91. The molecule has 0 saturated carbocycles. The highest BCUT2D eigenvalue weighted by Gasteiger charge is 2.40. The number of rotatable bonds is 5. The van der Waals surface area contributed by atoms with E-state index in [9.17, 15) is 18.0 Å². The summed E-state index contributed by atoms with van der Waals surface area (Å²) >= 11 is 0. The second-order valence-corrected chi connectivity index (χ2v) is 11.1. The van der Waals surface area contributed by atoms with E-state index in [0.29, 0.717) is 17.8 Å². The van der Waals surface area contributed by atoms with Gasteiger partial charge in [0.2, 0.25) is 21.8 Å². The summed E-state index contributed by atoms with van der Waals surface area (Å²) in [6, 6.07) is 10.3. The number of nitrogens with zero attached hydrogens (tertiary/aromatic N) is 3. The van der Waals surface area contributed by atoms with E-state index < -0.39 is 10.0 Å². The molecule has 8 nitrogen and oxygen atoms in total. The van der Waals surface area contributed by atoms with Crippen LogP contribution in [0.15, 0.2) is 41.3 Å². The molecule has 2 amide bonds. The molecule has 9 heteroatoms. The highest BCUT2D eigenvalue weighted by molar-refractivity contribution is 7.89. The first-order valence-corrected chi connectivity index (χ1v) is 12.6. The molecular weight excluding hydrogens is 440 g/mol. The van der Waals surface area contributed by atoms with Crippen LogP contribution in [0.3, 0.4) is 0 Å². The van der Waals surface area contributed by atoms with Crippen molar-refractivity contribution in [2.24, 2.45) is 0 Å². The molecule has 2 aliphatic heterocycles. The van der Waals surface area contributed by atoms with Gasteiger partial charge in [-0.05, 0) is 68.5 Å². The summed E-state index contributed by atoms with van der Waals surface area (Å²) in [5.41, 5.74) is 3.89. The van der Waals surface area contributed by atoms with Gasteiger partial charge in [-0.2, -0.15) is 0 Å². The molecule has 2 aromatic carbocycles. The third-order valence-electron chi connectivity index (χ3n) is 6.35. The second kappa shape index (κ2) is 8.79. The number of anilines is 3. The van der Waals surface area contributed by atoms with E-state index in [1.807, 2.05) is 36.9 Å². The van der Waals surface area contributed by atoms with Crippen LogP contribution in [0, 0.1) is 13.8 Å². The van der Waals surface area contributed by atoms with Crippen LogP contribution >= 0.6 is 0 Å². The maximum absolute atomic E-state index is 13.5. The van der Waals surface area contributed by atoms with Crippen molar-refractivity contribution < 1.29 is 18.0 Å². The topological polar surface area (TPSA) is 90.0 Å². The highest BCUT2D eigenvalue weighted by atomic mass is 32.2. The quantitative estimate of drug-likeness (QED) is 0.726. The minimum Gasteiger partial charge on any atom is -0.358 e. The van der Waals surface area contributed by atoms with Gasteiger partial charge in [-0.3, -0.25) is 14.5 Å². The maximum atomic E-state index is 13.5. The number of nitrogens with one attached hydrogen (secondary N) is 1. The standard InChI is InChI=1S/C24H30N4O4S/c1-16-8-9-17(2)19(13-16)25-23(29)15-28-22-14-18(33(31,32)26(3)4)10-11-20(22)27-12-6-5-7-21(27)24(28)30/h8-11,13-14,21H,5-7,12,15H2,1-4H3,(H,25,29)/t21-/m0/s1. The number of hydrogen-bond acceptors (Lipinski definition) is 5. The summed E-state index contributed by atoms with van der Waals surface area (Å²) in [4.78, 5) is 30.1. The monoisotopic (exact) mass is 470 g/mol. The molecule has 33 heavy (non-hydrogen) atoms. The van der Waals surface area contributed by atoms with Crippen LogP contribution in [0.5, 0.6) is 0 Å². The molecule has 1 N–H and O–H groups in total. The van der Waals surface area contributed by atoms with E-state index in [1.165, 1.54) is 25.1 Å². The van der Waals surface area contributed by atoms with Crippen molar-refractivity contribution in [3.05, 3.63) is 47.5 Å². The van der Waals surface area contributed by atoms with Crippen LogP contribution < -0.4 is 15.1 Å². The van der Waals surface area contributed by atoms with Crippen LogP contribution in [0.2, 0.25) is 0 Å². The van der Waals surface area contributed by atoms with Gasteiger partial charge in [-0.15, -0.1) is 0 Å². The van der Waals surface area contributed by atoms with Crippen molar-refractivity contribution in [3.8, 4) is 0 Å². The summed E-state index contributed by atoms with van der Waals surface area (Å²) in [7, 11) is -0.755. The molecule has 4 rings (SSSR count). The van der Waals surface area contributed by atoms with Crippen molar-refractivity contribution in [1.29, 1.82) is 0 Å². The van der Waals surface area contributed by atoms with Gasteiger partial charge >= 0.3 is 0 Å². The summed E-state index contributed by atoms with van der Waals surface area (Å²) < 4.78 is 26.6. The van der Waals surface area contributed by atoms with Crippen molar-refractivity contribution >= 4 is 38.9 Å². The van der Waals surface area contributed by atoms with Gasteiger partial charge in [0.05, 0.1) is 16.3 Å². The number of amides is 2. The molecule has 0 radical (unpaired) electrons. The first-order valence-electron chi connectivity index (χ1n) is 11.1. The molecule has 1 saturated heterocycles. The lowest BCUT2D eigenvalue weighted by atomic mass is 9.96. The van der Waals surface area contributed by atoms with Gasteiger partial charge in [0.25, 0.3) is 0 Å². The smallest absolute Gasteiger partial charge is 0.250 e. The minimum atomic E-state index is -3.69. The number of aryl methyl sites for hydroxylation is 2. The zero-order valence-electron chi connectivity index (χ0n) is 19.5. The zero-order chi connectivity index (χ0) is 23.9. The minimum absolute atomic E-state index is 0.0921. The molecule has 2 aliphatic rings. The lowest BCUT2D eigenvalue weighted by molar-refractivity contribution is -0.123. The van der Waals surface area contributed by atoms with E-state index in [4.69, 9.17) is 0 Å². The van der Waals surface area contributed by atoms with Crippen LogP contribution in [-0.4, -0.2) is 57.8 Å². The molecule has 0 bridgehead atoms. The SMILES string of the molecule is Cc1ccc(C)c(NC(=O)CN2C(=O)[C@@H]3CCCCN3c3ccc(S(=O)(=O)N(C)C)cc32)c1. The summed E-state index contributed by atoms with van der Waals surface area (Å²) in [6.45, 7) is 4.40. The Morgan fingerprint density at radius 1 is 1.09 bits per heavy atom. The molecule has 1 fully saturated rings. The van der Waals surface area contributed by atoms with Crippen molar-refractivity contribution in [1.82, 2.24) is 4.31 Å². The number of piperidine rings is 1. The molecule has 2 heterocycles. The maximum Gasteiger partial charge on any atom is 0.250 e. The van der Waals surface area contributed by atoms with Gasteiger partial charge in [-0.1, -0.05) is 12.1 Å². The molecule has 0 aromatic heterocycles. The molecule has 0 aliphatic carbocycles. The molecule has 176 valence electrons. The lowest BCUT2D eigenvalue weighted by Gasteiger charge is -2.45. The lowest BCUT2D eigenvalue weighted by Crippen LogP contribution is -2.56. The molecule has 2 aromatic rings. The molecule has 0 spiro atoms. The first-order chi connectivity index (χ1) is 15.6. The fraction of sp³-hybridized carbons (Fsp3) is 0.417. The third-order valence-corrected chi connectivity index (χ3v) is 8.16. The predicted molar refractivity (Wildman–Crippen MR) is 129 cm³/mol. The van der Waals surface area contributed by atoms with E-state index in [-0.39, 0.29) is 29.3 Å². The van der Waals surface area contributed by atoms with Crippen LogP contribution in [0.25, 0.3) is 0 Å².